The summed E-state index contributed by atoms with van der Waals surface area (Å²) in [6.45, 7) is 8.50. The summed E-state index contributed by atoms with van der Waals surface area (Å²) in [7, 11) is 0. The maximum absolute atomic E-state index is 14.9. The predicted octanol–water partition coefficient (Wildman–Crippen LogP) is 6.73. The zero-order chi connectivity index (χ0) is 24.6. The van der Waals surface area contributed by atoms with E-state index in [2.05, 4.69) is 24.6 Å². The summed E-state index contributed by atoms with van der Waals surface area (Å²) in [5.41, 5.74) is 2.19. The smallest absolute Gasteiger partial charge is 0.194 e. The third-order valence-corrected chi connectivity index (χ3v) is 8.31. The van der Waals surface area contributed by atoms with E-state index in [9.17, 15) is 13.2 Å². The van der Waals surface area contributed by atoms with Crippen LogP contribution in [0.1, 0.15) is 43.4 Å². The summed E-state index contributed by atoms with van der Waals surface area (Å²) in [4.78, 5) is 4.53. The van der Waals surface area contributed by atoms with E-state index in [-0.39, 0.29) is 17.7 Å². The van der Waals surface area contributed by atoms with Crippen LogP contribution in [0.15, 0.2) is 61.3 Å². The van der Waals surface area contributed by atoms with Crippen LogP contribution in [0, 0.1) is 29.3 Å². The van der Waals surface area contributed by atoms with Gasteiger partial charge in [0.15, 0.2) is 17.5 Å². The number of pyridine rings is 1. The minimum Gasteiger partial charge on any atom is -0.363 e. The molecular weight excluding hydrogens is 449 g/mol. The molecule has 0 aliphatic carbocycles. The van der Waals surface area contributed by atoms with Gasteiger partial charge in [0, 0.05) is 35.9 Å². The average molecular weight is 482 g/mol. The van der Waals surface area contributed by atoms with Crippen molar-refractivity contribution in [3.05, 3.63) is 89.9 Å². The Labute approximate surface area is 204 Å². The summed E-state index contributed by atoms with van der Waals surface area (Å²) in [5.74, 6) is -2.53. The number of halogens is 3. The second kappa shape index (κ2) is 9.75. The molecule has 3 aliphatic heterocycles. The normalized spacial score (nSPS) is 26.7. The molecule has 184 valence electrons. The molecule has 0 saturated carbocycles. The Morgan fingerprint density at radius 3 is 2.77 bits per heavy atom. The van der Waals surface area contributed by atoms with Gasteiger partial charge >= 0.3 is 0 Å². The van der Waals surface area contributed by atoms with Gasteiger partial charge in [0.25, 0.3) is 0 Å². The van der Waals surface area contributed by atoms with E-state index in [4.69, 9.17) is 4.74 Å². The number of benzene rings is 2. The van der Waals surface area contributed by atoms with Crippen molar-refractivity contribution < 1.29 is 22.4 Å². The SMILES string of the molecule is C=CCO[C@H](c1ccnc2ccccc12)C1CC2CC[N+]1(Cc1ccc(F)c(F)c1F)C[C@@H]2CC. The number of aromatic nitrogens is 1. The van der Waals surface area contributed by atoms with Gasteiger partial charge in [0.05, 0.1) is 25.2 Å². The number of hydrogen-bond acceptors (Lipinski definition) is 2. The van der Waals surface area contributed by atoms with Gasteiger partial charge in [-0.3, -0.25) is 4.98 Å². The summed E-state index contributed by atoms with van der Waals surface area (Å²) in [6.07, 6.45) is 6.35. The van der Waals surface area contributed by atoms with Gasteiger partial charge in [-0.2, -0.15) is 0 Å². The van der Waals surface area contributed by atoms with E-state index in [1.807, 2.05) is 30.5 Å². The molecule has 0 spiro atoms. The molecular formula is C29H32F3N2O+. The molecule has 35 heavy (non-hydrogen) atoms. The highest BCUT2D eigenvalue weighted by molar-refractivity contribution is 5.82. The van der Waals surface area contributed by atoms with E-state index >= 15 is 0 Å². The van der Waals surface area contributed by atoms with Crippen molar-refractivity contribution in [2.45, 2.75) is 44.9 Å². The fraction of sp³-hybridized carbons (Fsp3) is 0.414. The first-order chi connectivity index (χ1) is 17.0. The fourth-order valence-corrected chi connectivity index (χ4v) is 6.62. The molecule has 0 N–H and O–H groups in total. The van der Waals surface area contributed by atoms with Crippen molar-refractivity contribution in [3.63, 3.8) is 0 Å². The predicted molar refractivity (Wildman–Crippen MR) is 131 cm³/mol. The van der Waals surface area contributed by atoms with Crippen LogP contribution in [-0.2, 0) is 11.3 Å². The second-order valence-electron chi connectivity index (χ2n) is 10.1. The molecule has 3 fully saturated rings. The number of fused-ring (bicyclic) bond motifs is 4. The number of ether oxygens (including phenoxy) is 1. The van der Waals surface area contributed by atoms with Crippen LogP contribution in [0.25, 0.3) is 10.9 Å². The molecule has 2 aromatic carbocycles. The zero-order valence-electron chi connectivity index (χ0n) is 20.1. The number of nitrogens with zero attached hydrogens (tertiary/aromatic N) is 2. The Bertz CT molecular complexity index is 1230. The lowest BCUT2D eigenvalue weighted by Gasteiger charge is -2.59. The van der Waals surface area contributed by atoms with Crippen LogP contribution in [0.4, 0.5) is 13.2 Å². The lowest BCUT2D eigenvalue weighted by Crippen LogP contribution is -2.68. The first-order valence-electron chi connectivity index (χ1n) is 12.5. The molecule has 6 heteroatoms. The Balaban J connectivity index is 1.61. The highest BCUT2D eigenvalue weighted by atomic mass is 19.2. The molecule has 2 bridgehead atoms. The number of rotatable bonds is 8. The molecule has 3 aliphatic rings. The van der Waals surface area contributed by atoms with Crippen LogP contribution < -0.4 is 0 Å². The molecule has 5 atom stereocenters. The highest BCUT2D eigenvalue weighted by Crippen LogP contribution is 2.49. The van der Waals surface area contributed by atoms with Crippen LogP contribution in [0.5, 0.6) is 0 Å². The molecule has 3 nitrogen and oxygen atoms in total. The van der Waals surface area contributed by atoms with Crippen molar-refractivity contribution in [2.75, 3.05) is 19.7 Å². The second-order valence-corrected chi connectivity index (χ2v) is 10.1. The molecule has 0 amide bonds. The van der Waals surface area contributed by atoms with E-state index in [0.29, 0.717) is 29.5 Å². The minimum atomic E-state index is -1.39. The van der Waals surface area contributed by atoms with Gasteiger partial charge in [-0.25, -0.2) is 13.2 Å². The molecule has 4 heterocycles. The summed E-state index contributed by atoms with van der Waals surface area (Å²) in [5, 5.41) is 1.04. The first kappa shape index (κ1) is 24.0. The van der Waals surface area contributed by atoms with E-state index in [1.54, 1.807) is 6.08 Å². The third kappa shape index (κ3) is 4.27. The Morgan fingerprint density at radius 1 is 1.14 bits per heavy atom. The molecule has 0 radical (unpaired) electrons. The van der Waals surface area contributed by atoms with Crippen LogP contribution in [0.2, 0.25) is 0 Å². The lowest BCUT2D eigenvalue weighted by atomic mass is 9.70. The maximum atomic E-state index is 14.9. The minimum absolute atomic E-state index is 0.0508. The Hall–Kier alpha value is -2.70. The van der Waals surface area contributed by atoms with Crippen LogP contribution >= 0.6 is 0 Å². The molecule has 3 aromatic rings. The first-order valence-corrected chi connectivity index (χ1v) is 12.5. The third-order valence-electron chi connectivity index (χ3n) is 8.31. The summed E-state index contributed by atoms with van der Waals surface area (Å²) >= 11 is 0. The van der Waals surface area contributed by atoms with Crippen LogP contribution in [0.3, 0.4) is 0 Å². The van der Waals surface area contributed by atoms with E-state index < -0.39 is 17.5 Å². The molecule has 3 unspecified atom stereocenters. The topological polar surface area (TPSA) is 22.1 Å². The average Bonchev–Trinajstić information content (AvgIpc) is 2.89. The van der Waals surface area contributed by atoms with Gasteiger partial charge in [-0.05, 0) is 42.2 Å². The van der Waals surface area contributed by atoms with Crippen molar-refractivity contribution in [1.82, 2.24) is 4.98 Å². The number of hydrogen-bond donors (Lipinski definition) is 0. The van der Waals surface area contributed by atoms with Crippen molar-refractivity contribution in [1.29, 1.82) is 0 Å². The number of quaternary nitrogens is 1. The van der Waals surface area contributed by atoms with Gasteiger partial charge in [-0.1, -0.05) is 31.2 Å². The van der Waals surface area contributed by atoms with Crippen molar-refractivity contribution in [2.24, 2.45) is 11.8 Å². The molecule has 3 saturated heterocycles. The number of piperidine rings is 3. The molecule has 1 aromatic heterocycles. The van der Waals surface area contributed by atoms with E-state index in [1.165, 1.54) is 6.07 Å². The lowest BCUT2D eigenvalue weighted by molar-refractivity contribution is -0.986. The van der Waals surface area contributed by atoms with Crippen molar-refractivity contribution in [3.8, 4) is 0 Å². The maximum Gasteiger partial charge on any atom is 0.194 e. The van der Waals surface area contributed by atoms with Gasteiger partial charge in [0.1, 0.15) is 18.7 Å². The monoisotopic (exact) mass is 481 g/mol. The van der Waals surface area contributed by atoms with E-state index in [0.717, 1.165) is 54.9 Å². The summed E-state index contributed by atoms with van der Waals surface area (Å²) in [6, 6.07) is 12.5. The standard InChI is InChI=1S/C29H32F3N2O/c1-3-15-35-29(23-11-13-33-25-8-6-5-7-22(23)25)26-16-20-12-14-34(26,17-19(20)4-2)18-21-9-10-24(30)28(32)27(21)31/h3,5-11,13,19-20,26,29H,1,4,12,14-18H2,2H3/q+1/t19-,20?,26?,29+,34?/m0/s1. The fourth-order valence-electron chi connectivity index (χ4n) is 6.62. The van der Waals surface area contributed by atoms with Gasteiger partial charge < -0.3 is 9.22 Å². The Kier molecular flexibility index (Phi) is 6.69. The Morgan fingerprint density at radius 2 is 1.97 bits per heavy atom. The molecule has 6 rings (SSSR count). The van der Waals surface area contributed by atoms with Crippen molar-refractivity contribution >= 4 is 10.9 Å². The van der Waals surface area contributed by atoms with Gasteiger partial charge in [0.2, 0.25) is 0 Å². The van der Waals surface area contributed by atoms with Crippen LogP contribution in [-0.4, -0.2) is 35.2 Å². The quantitative estimate of drug-likeness (QED) is 0.202. The zero-order valence-corrected chi connectivity index (χ0v) is 20.1. The largest absolute Gasteiger partial charge is 0.363 e. The summed E-state index contributed by atoms with van der Waals surface area (Å²) < 4.78 is 49.9. The van der Waals surface area contributed by atoms with Gasteiger partial charge in [-0.15, -0.1) is 6.58 Å². The number of para-hydroxylation sites is 1. The highest BCUT2D eigenvalue weighted by Gasteiger charge is 2.55.